The van der Waals surface area contributed by atoms with E-state index < -0.39 is 60.3 Å². The monoisotopic (exact) mass is 633 g/mol. The summed E-state index contributed by atoms with van der Waals surface area (Å²) in [5.41, 5.74) is 0.867. The van der Waals surface area contributed by atoms with Gasteiger partial charge in [0.1, 0.15) is 30.5 Å². The van der Waals surface area contributed by atoms with Crippen LogP contribution in [0.25, 0.3) is 0 Å². The van der Waals surface area contributed by atoms with E-state index in [9.17, 15) is 29.7 Å². The predicted molar refractivity (Wildman–Crippen MR) is 158 cm³/mol. The van der Waals surface area contributed by atoms with Crippen LogP contribution in [0.3, 0.4) is 0 Å². The van der Waals surface area contributed by atoms with Gasteiger partial charge >= 0.3 is 0 Å². The number of fused-ring (bicyclic) bond motifs is 3. The molecule has 5 fully saturated rings. The van der Waals surface area contributed by atoms with Crippen molar-refractivity contribution in [1.82, 2.24) is 35.4 Å². The van der Waals surface area contributed by atoms with Gasteiger partial charge in [0, 0.05) is 51.6 Å². The zero-order valence-corrected chi connectivity index (χ0v) is 25.7. The number of hydrogen-bond acceptors (Lipinski definition) is 11. The Morgan fingerprint density at radius 2 is 1.76 bits per heavy atom. The van der Waals surface area contributed by atoms with Crippen LogP contribution in [0.15, 0.2) is 6.20 Å². The lowest BCUT2D eigenvalue weighted by atomic mass is 9.86. The van der Waals surface area contributed by atoms with Gasteiger partial charge in [-0.25, -0.2) is 4.68 Å². The molecule has 45 heavy (non-hydrogen) atoms. The van der Waals surface area contributed by atoms with E-state index in [0.29, 0.717) is 32.1 Å². The second-order valence-electron chi connectivity index (χ2n) is 13.2. The number of hydrogen-bond donors (Lipinski definition) is 5. The number of carbonyl (C=O) groups is 3. The minimum Gasteiger partial charge on any atom is -0.388 e. The first-order valence-electron chi connectivity index (χ1n) is 16.6. The molecule has 4 saturated heterocycles. The molecule has 0 aromatic carbocycles. The number of rotatable bonds is 7. The molecule has 6 rings (SSSR count). The largest absolute Gasteiger partial charge is 0.388 e. The van der Waals surface area contributed by atoms with Crippen molar-refractivity contribution in [3.05, 3.63) is 11.9 Å². The fourth-order valence-corrected chi connectivity index (χ4v) is 7.54. The minimum atomic E-state index is -1.71. The summed E-state index contributed by atoms with van der Waals surface area (Å²) in [5.74, 6) is -0.965. The number of nitrogens with zero attached hydrogens (tertiary/aromatic N) is 5. The van der Waals surface area contributed by atoms with Crippen molar-refractivity contribution in [3.8, 4) is 0 Å². The molecule has 1 aromatic rings. The summed E-state index contributed by atoms with van der Waals surface area (Å²) in [7, 11) is 0. The van der Waals surface area contributed by atoms with Crippen molar-refractivity contribution < 1.29 is 39.2 Å². The lowest BCUT2D eigenvalue weighted by Gasteiger charge is -2.42. The van der Waals surface area contributed by atoms with E-state index in [2.05, 4.69) is 20.9 Å². The van der Waals surface area contributed by atoms with E-state index in [4.69, 9.17) is 9.47 Å². The standard InChI is InChI=1S/C30H47N7O8/c38-23-17-35(11-9-31-19-7-12-44-13-8-19)30(43)28-27(41)26(40)25(39)22(45-28)15-32-29(42)24-21(6-10-36(23)24)37-16-20(33-34-37)14-18-4-2-1-3-5-18/h16,18-19,21-22,24-28,31,39-41H,1-15,17H2,(H,32,42)/t21-,22+,24+,25+,26-,27-,28+/m1/s1. The van der Waals surface area contributed by atoms with Gasteiger partial charge < -0.3 is 45.2 Å². The molecule has 15 nitrogen and oxygen atoms in total. The van der Waals surface area contributed by atoms with Gasteiger partial charge in [0.05, 0.1) is 18.3 Å². The van der Waals surface area contributed by atoms with Crippen molar-refractivity contribution in [2.75, 3.05) is 45.9 Å². The van der Waals surface area contributed by atoms with Gasteiger partial charge in [-0.2, -0.15) is 0 Å². The lowest BCUT2D eigenvalue weighted by Crippen LogP contribution is -2.65. The fraction of sp³-hybridized carbons (Fsp3) is 0.833. The fourth-order valence-electron chi connectivity index (χ4n) is 7.54. The molecule has 0 unspecified atom stereocenters. The number of aliphatic hydroxyl groups is 3. The Morgan fingerprint density at radius 3 is 2.53 bits per heavy atom. The smallest absolute Gasteiger partial charge is 0.255 e. The van der Waals surface area contributed by atoms with Crippen molar-refractivity contribution in [2.45, 2.75) is 106 Å². The van der Waals surface area contributed by atoms with Gasteiger partial charge in [0.25, 0.3) is 5.91 Å². The molecule has 4 aliphatic heterocycles. The Balaban J connectivity index is 1.22. The first-order chi connectivity index (χ1) is 21.8. The van der Waals surface area contributed by atoms with E-state index in [-0.39, 0.29) is 32.2 Å². The van der Waals surface area contributed by atoms with Crippen LogP contribution in [0.2, 0.25) is 0 Å². The summed E-state index contributed by atoms with van der Waals surface area (Å²) >= 11 is 0. The molecule has 1 aromatic heterocycles. The Labute approximate surface area is 262 Å². The van der Waals surface area contributed by atoms with Crippen LogP contribution in [0.4, 0.5) is 0 Å². The maximum Gasteiger partial charge on any atom is 0.255 e. The highest BCUT2D eigenvalue weighted by Gasteiger charge is 2.50. The summed E-state index contributed by atoms with van der Waals surface area (Å²) in [6.07, 6.45) is 3.32. The number of aromatic nitrogens is 3. The third-order valence-corrected chi connectivity index (χ3v) is 10.2. The molecule has 7 atom stereocenters. The van der Waals surface area contributed by atoms with Crippen LogP contribution in [0, 0.1) is 5.92 Å². The summed E-state index contributed by atoms with van der Waals surface area (Å²) in [4.78, 5) is 44.2. The third-order valence-electron chi connectivity index (χ3n) is 10.2. The minimum absolute atomic E-state index is 0.138. The van der Waals surface area contributed by atoms with Crippen molar-refractivity contribution in [1.29, 1.82) is 0 Å². The Hall–Kier alpha value is -2.69. The molecule has 5 N–H and O–H groups in total. The van der Waals surface area contributed by atoms with Gasteiger partial charge in [0.15, 0.2) is 6.10 Å². The highest BCUT2D eigenvalue weighted by molar-refractivity contribution is 5.92. The molecule has 15 heteroatoms. The van der Waals surface area contributed by atoms with Gasteiger partial charge in [0.2, 0.25) is 11.8 Å². The van der Waals surface area contributed by atoms with Crippen LogP contribution in [-0.4, -0.2) is 146 Å². The highest BCUT2D eigenvalue weighted by Crippen LogP contribution is 2.31. The summed E-state index contributed by atoms with van der Waals surface area (Å²) < 4.78 is 12.9. The summed E-state index contributed by atoms with van der Waals surface area (Å²) in [5, 5.41) is 46.9. The average Bonchev–Trinajstić information content (AvgIpc) is 3.70. The Kier molecular flexibility index (Phi) is 10.3. The second kappa shape index (κ2) is 14.4. The van der Waals surface area contributed by atoms with Gasteiger partial charge in [-0.05, 0) is 31.6 Å². The van der Waals surface area contributed by atoms with E-state index in [1.165, 1.54) is 41.9 Å². The number of nitrogens with one attached hydrogen (secondary N) is 2. The van der Waals surface area contributed by atoms with E-state index >= 15 is 0 Å². The molecule has 1 aliphatic carbocycles. The van der Waals surface area contributed by atoms with Gasteiger partial charge in [-0.15, -0.1) is 5.10 Å². The molecule has 1 saturated carbocycles. The molecule has 250 valence electrons. The van der Waals surface area contributed by atoms with Gasteiger partial charge in [-0.3, -0.25) is 14.4 Å². The van der Waals surface area contributed by atoms with Crippen LogP contribution < -0.4 is 10.6 Å². The zero-order chi connectivity index (χ0) is 31.5. The lowest BCUT2D eigenvalue weighted by molar-refractivity contribution is -0.223. The number of amides is 3. The maximum atomic E-state index is 13.9. The Morgan fingerprint density at radius 1 is 0.978 bits per heavy atom. The van der Waals surface area contributed by atoms with Crippen LogP contribution in [0.1, 0.15) is 63.1 Å². The topological polar surface area (TPSA) is 192 Å². The third kappa shape index (κ3) is 7.18. The molecular formula is C30H47N7O8. The highest BCUT2D eigenvalue weighted by atomic mass is 16.5. The summed E-state index contributed by atoms with van der Waals surface area (Å²) in [6, 6.07) is -1.18. The van der Waals surface area contributed by atoms with E-state index in [1.54, 1.807) is 4.68 Å². The predicted octanol–water partition coefficient (Wildman–Crippen LogP) is -1.88. The zero-order valence-electron chi connectivity index (χ0n) is 25.7. The maximum absolute atomic E-state index is 13.9. The summed E-state index contributed by atoms with van der Waals surface area (Å²) in [6.45, 7) is 1.54. The Bertz CT molecular complexity index is 1190. The first-order valence-corrected chi connectivity index (χ1v) is 16.6. The quantitative estimate of drug-likeness (QED) is 0.226. The van der Waals surface area contributed by atoms with E-state index in [0.717, 1.165) is 25.0 Å². The normalized spacial score (nSPS) is 34.3. The van der Waals surface area contributed by atoms with E-state index in [1.807, 2.05) is 6.20 Å². The van der Waals surface area contributed by atoms with Crippen molar-refractivity contribution in [2.24, 2.45) is 5.92 Å². The molecule has 5 aliphatic rings. The molecule has 0 spiro atoms. The van der Waals surface area contributed by atoms with Crippen molar-refractivity contribution >= 4 is 17.7 Å². The molecule has 2 bridgehead atoms. The number of ether oxygens (including phenoxy) is 2. The molecular weight excluding hydrogens is 586 g/mol. The SMILES string of the molecule is O=C1NC[C@@H]2O[C@H](C(=O)N(CCNC3CCOCC3)CC(=O)N3CC[C@@H](n4cc(CC5CCCCC5)nn4)[C@@H]13)[C@H](O)[C@H](O)[C@H]2O. The van der Waals surface area contributed by atoms with Crippen LogP contribution in [0.5, 0.6) is 0 Å². The van der Waals surface area contributed by atoms with Crippen LogP contribution in [-0.2, 0) is 30.3 Å². The number of aliphatic hydroxyl groups excluding tert-OH is 3. The first kappa shape index (κ1) is 32.3. The molecule has 5 heterocycles. The average molecular weight is 634 g/mol. The van der Waals surface area contributed by atoms with Gasteiger partial charge in [-0.1, -0.05) is 37.3 Å². The second-order valence-corrected chi connectivity index (χ2v) is 13.2. The van der Waals surface area contributed by atoms with Crippen LogP contribution >= 0.6 is 0 Å². The molecule has 3 amide bonds. The molecule has 0 radical (unpaired) electrons. The number of carbonyl (C=O) groups excluding carboxylic acids is 3. The van der Waals surface area contributed by atoms with Crippen molar-refractivity contribution in [3.63, 3.8) is 0 Å².